The minimum Gasteiger partial charge on any atom is -0.475 e. The molecule has 20 heavy (non-hydrogen) atoms. The van der Waals surface area contributed by atoms with Gasteiger partial charge < -0.3 is 14.8 Å². The lowest BCUT2D eigenvalue weighted by Gasteiger charge is -2.23. The normalized spacial score (nSPS) is 19.1. The second-order valence-electron chi connectivity index (χ2n) is 5.44. The lowest BCUT2D eigenvalue weighted by Crippen LogP contribution is -2.26. The van der Waals surface area contributed by atoms with Gasteiger partial charge in [-0.2, -0.15) is 0 Å². The van der Waals surface area contributed by atoms with E-state index >= 15 is 0 Å². The van der Waals surface area contributed by atoms with Gasteiger partial charge in [0, 0.05) is 24.4 Å². The Morgan fingerprint density at radius 2 is 2.25 bits per heavy atom. The van der Waals surface area contributed by atoms with E-state index in [1.165, 1.54) is 18.4 Å². The molecule has 112 valence electrons. The number of rotatable bonds is 6. The predicted octanol–water partition coefficient (Wildman–Crippen LogP) is 2.76. The van der Waals surface area contributed by atoms with E-state index in [9.17, 15) is 0 Å². The summed E-state index contributed by atoms with van der Waals surface area (Å²) in [5, 5.41) is 3.35. The van der Waals surface area contributed by atoms with E-state index < -0.39 is 0 Å². The molecule has 0 radical (unpaired) electrons. The number of nitrogens with zero attached hydrogens (tertiary/aromatic N) is 1. The van der Waals surface area contributed by atoms with Gasteiger partial charge >= 0.3 is 0 Å². The summed E-state index contributed by atoms with van der Waals surface area (Å²) >= 11 is 0. The van der Waals surface area contributed by atoms with Crippen LogP contribution in [0.25, 0.3) is 0 Å². The van der Waals surface area contributed by atoms with Crippen LogP contribution in [0.4, 0.5) is 0 Å². The summed E-state index contributed by atoms with van der Waals surface area (Å²) < 4.78 is 11.7. The molecule has 0 spiro atoms. The van der Waals surface area contributed by atoms with Crippen LogP contribution in [0.3, 0.4) is 0 Å². The molecule has 4 nitrogen and oxygen atoms in total. The highest BCUT2D eigenvalue weighted by molar-refractivity contribution is 5.35. The molecule has 2 heterocycles. The summed E-state index contributed by atoms with van der Waals surface area (Å²) in [6.45, 7) is 9.44. The monoisotopic (exact) mass is 278 g/mol. The summed E-state index contributed by atoms with van der Waals surface area (Å²) in [7, 11) is 0. The van der Waals surface area contributed by atoms with Gasteiger partial charge in [-0.05, 0) is 51.3 Å². The average molecular weight is 278 g/mol. The summed E-state index contributed by atoms with van der Waals surface area (Å²) in [5.41, 5.74) is 3.40. The van der Waals surface area contributed by atoms with E-state index in [-0.39, 0.29) is 6.10 Å². The van der Waals surface area contributed by atoms with Gasteiger partial charge in [-0.3, -0.25) is 0 Å². The van der Waals surface area contributed by atoms with Crippen molar-refractivity contribution in [1.29, 1.82) is 0 Å². The molecular formula is C16H26N2O2. The van der Waals surface area contributed by atoms with Crippen LogP contribution in [0, 0.1) is 13.8 Å². The summed E-state index contributed by atoms with van der Waals surface area (Å²) in [6.07, 6.45) is 3.72. The maximum Gasteiger partial charge on any atom is 0.218 e. The smallest absolute Gasteiger partial charge is 0.218 e. The molecule has 0 saturated carbocycles. The molecule has 1 aromatic heterocycles. The highest BCUT2D eigenvalue weighted by Crippen LogP contribution is 2.22. The number of ether oxygens (including phenoxy) is 2. The van der Waals surface area contributed by atoms with Gasteiger partial charge in [0.15, 0.2) is 0 Å². The van der Waals surface area contributed by atoms with Crippen molar-refractivity contribution in [2.45, 2.75) is 52.7 Å². The van der Waals surface area contributed by atoms with Crippen LogP contribution < -0.4 is 10.1 Å². The molecule has 1 saturated heterocycles. The Kier molecular flexibility index (Phi) is 5.80. The third kappa shape index (κ3) is 4.18. The molecule has 1 unspecified atom stereocenters. The Labute approximate surface area is 121 Å². The van der Waals surface area contributed by atoms with Gasteiger partial charge in [0.25, 0.3) is 0 Å². The quantitative estimate of drug-likeness (QED) is 0.869. The van der Waals surface area contributed by atoms with Crippen LogP contribution in [0.15, 0.2) is 6.07 Å². The van der Waals surface area contributed by atoms with Crippen molar-refractivity contribution in [2.24, 2.45) is 0 Å². The Balaban J connectivity index is 2.03. The number of aromatic nitrogens is 1. The topological polar surface area (TPSA) is 43.4 Å². The van der Waals surface area contributed by atoms with Crippen LogP contribution >= 0.6 is 0 Å². The number of nitrogens with one attached hydrogen (secondary N) is 1. The van der Waals surface area contributed by atoms with Crippen molar-refractivity contribution < 1.29 is 9.47 Å². The molecule has 1 fully saturated rings. The Hall–Kier alpha value is -1.13. The van der Waals surface area contributed by atoms with Crippen molar-refractivity contribution in [1.82, 2.24) is 10.3 Å². The molecule has 0 amide bonds. The number of hydrogen-bond donors (Lipinski definition) is 1. The Morgan fingerprint density at radius 1 is 1.40 bits per heavy atom. The van der Waals surface area contributed by atoms with Crippen molar-refractivity contribution >= 4 is 0 Å². The maximum absolute atomic E-state index is 5.96. The maximum atomic E-state index is 5.96. The summed E-state index contributed by atoms with van der Waals surface area (Å²) in [6, 6.07) is 2.11. The van der Waals surface area contributed by atoms with Gasteiger partial charge in [-0.1, -0.05) is 6.92 Å². The highest BCUT2D eigenvalue weighted by Gasteiger charge is 2.16. The molecule has 1 aliphatic rings. The zero-order valence-corrected chi connectivity index (χ0v) is 12.9. The fourth-order valence-corrected chi connectivity index (χ4v) is 2.52. The molecule has 0 aliphatic carbocycles. The van der Waals surface area contributed by atoms with Crippen molar-refractivity contribution in [2.75, 3.05) is 19.8 Å². The molecule has 2 rings (SSSR count). The molecule has 1 atom stereocenters. The highest BCUT2D eigenvalue weighted by atomic mass is 16.5. The lowest BCUT2D eigenvalue weighted by molar-refractivity contribution is -0.0121. The minimum atomic E-state index is 0.221. The van der Waals surface area contributed by atoms with Crippen molar-refractivity contribution in [3.8, 4) is 5.88 Å². The van der Waals surface area contributed by atoms with Gasteiger partial charge in [-0.25, -0.2) is 4.98 Å². The van der Waals surface area contributed by atoms with Crippen molar-refractivity contribution in [3.05, 3.63) is 22.9 Å². The third-order valence-corrected chi connectivity index (χ3v) is 3.67. The molecule has 1 aliphatic heterocycles. The van der Waals surface area contributed by atoms with Gasteiger partial charge in [-0.15, -0.1) is 0 Å². The number of hydrogen-bond acceptors (Lipinski definition) is 4. The zero-order valence-electron chi connectivity index (χ0n) is 12.9. The first kappa shape index (κ1) is 15.3. The first-order chi connectivity index (χ1) is 9.70. The fourth-order valence-electron chi connectivity index (χ4n) is 2.52. The van der Waals surface area contributed by atoms with Crippen LogP contribution in [-0.2, 0) is 11.3 Å². The van der Waals surface area contributed by atoms with E-state index in [1.54, 1.807) is 0 Å². The van der Waals surface area contributed by atoms with E-state index in [2.05, 4.69) is 30.2 Å². The second-order valence-corrected chi connectivity index (χ2v) is 5.44. The molecular weight excluding hydrogens is 252 g/mol. The summed E-state index contributed by atoms with van der Waals surface area (Å²) in [4.78, 5) is 4.55. The van der Waals surface area contributed by atoms with E-state index in [4.69, 9.17) is 9.47 Å². The average Bonchev–Trinajstić information content (AvgIpc) is 2.45. The number of aryl methyl sites for hydroxylation is 2. The van der Waals surface area contributed by atoms with Gasteiger partial charge in [0.2, 0.25) is 5.88 Å². The van der Waals surface area contributed by atoms with Crippen LogP contribution in [0.1, 0.15) is 43.0 Å². The zero-order chi connectivity index (χ0) is 14.4. The largest absolute Gasteiger partial charge is 0.475 e. The van der Waals surface area contributed by atoms with Gasteiger partial charge in [0.1, 0.15) is 6.61 Å². The van der Waals surface area contributed by atoms with Crippen LogP contribution in [0.5, 0.6) is 5.88 Å². The van der Waals surface area contributed by atoms with Crippen LogP contribution in [0.2, 0.25) is 0 Å². The van der Waals surface area contributed by atoms with Gasteiger partial charge in [0.05, 0.1) is 6.10 Å². The molecule has 1 N–H and O–H groups in total. The van der Waals surface area contributed by atoms with Crippen LogP contribution in [-0.4, -0.2) is 30.8 Å². The minimum absolute atomic E-state index is 0.221. The van der Waals surface area contributed by atoms with E-state index in [0.717, 1.165) is 43.3 Å². The fraction of sp³-hybridized carbons (Fsp3) is 0.688. The predicted molar refractivity (Wildman–Crippen MR) is 80.2 cm³/mol. The standard InChI is InChI=1S/C16H26N2O2/c1-4-17-10-15-12(2)9-13(3)18-16(15)20-11-14-7-5-6-8-19-14/h9,14,17H,4-8,10-11H2,1-3H3. The lowest BCUT2D eigenvalue weighted by atomic mass is 10.1. The molecule has 0 bridgehead atoms. The molecule has 0 aromatic carbocycles. The second kappa shape index (κ2) is 7.60. The first-order valence-corrected chi connectivity index (χ1v) is 7.63. The van der Waals surface area contributed by atoms with Crippen molar-refractivity contribution in [3.63, 3.8) is 0 Å². The van der Waals surface area contributed by atoms with E-state index in [1.807, 2.05) is 6.92 Å². The summed E-state index contributed by atoms with van der Waals surface area (Å²) in [5.74, 6) is 0.762. The Morgan fingerprint density at radius 3 is 2.95 bits per heavy atom. The number of pyridine rings is 1. The van der Waals surface area contributed by atoms with E-state index in [0.29, 0.717) is 6.61 Å². The Bertz CT molecular complexity index is 429. The molecule has 1 aromatic rings. The first-order valence-electron chi connectivity index (χ1n) is 7.63. The SMILES string of the molecule is CCNCc1c(C)cc(C)nc1OCC1CCCCO1. The molecule has 4 heteroatoms. The third-order valence-electron chi connectivity index (χ3n) is 3.67.